The highest BCUT2D eigenvalue weighted by molar-refractivity contribution is 7.10. The zero-order valence-electron chi connectivity index (χ0n) is 12.3. The minimum absolute atomic E-state index is 0.198. The highest BCUT2D eigenvalue weighted by atomic mass is 35.5. The topological polar surface area (TPSA) is 29.3 Å². The first-order valence-electron chi connectivity index (χ1n) is 7.51. The molecule has 0 aliphatic carbocycles. The Morgan fingerprint density at radius 3 is 3.05 bits per heavy atom. The maximum atomic E-state index is 6.19. The molecule has 0 fully saturated rings. The molecule has 0 bridgehead atoms. The Hall–Kier alpha value is -1.03. The fraction of sp³-hybridized carbons (Fsp3) is 0.412. The average molecular weight is 321 g/mol. The molecule has 0 saturated heterocycles. The zero-order valence-corrected chi connectivity index (χ0v) is 13.9. The van der Waals surface area contributed by atoms with Crippen LogP contribution in [-0.2, 0) is 19.4 Å². The lowest BCUT2D eigenvalue weighted by Gasteiger charge is -2.31. The van der Waals surface area contributed by atoms with Crippen LogP contribution < -0.4 is 10.6 Å². The van der Waals surface area contributed by atoms with E-state index in [2.05, 4.69) is 35.4 Å². The van der Waals surface area contributed by atoms with Gasteiger partial charge in [-0.2, -0.15) is 0 Å². The van der Waals surface area contributed by atoms with Gasteiger partial charge in [-0.05, 0) is 60.0 Å². The smallest absolute Gasteiger partial charge is 0.0440 e. The number of nitrogens with zero attached hydrogens (tertiary/aromatic N) is 1. The van der Waals surface area contributed by atoms with E-state index in [0.29, 0.717) is 0 Å². The number of halogens is 1. The second-order valence-electron chi connectivity index (χ2n) is 5.69. The molecule has 1 aliphatic heterocycles. The molecule has 1 unspecified atom stereocenters. The predicted molar refractivity (Wildman–Crippen MR) is 92.5 cm³/mol. The van der Waals surface area contributed by atoms with Gasteiger partial charge in [0.15, 0.2) is 0 Å². The lowest BCUT2D eigenvalue weighted by Crippen LogP contribution is -2.31. The highest BCUT2D eigenvalue weighted by Crippen LogP contribution is 2.31. The predicted octanol–water partition coefficient (Wildman–Crippen LogP) is 4.24. The van der Waals surface area contributed by atoms with Crippen LogP contribution in [-0.4, -0.2) is 12.6 Å². The van der Waals surface area contributed by atoms with Gasteiger partial charge in [-0.15, -0.1) is 11.3 Å². The monoisotopic (exact) mass is 320 g/mol. The van der Waals surface area contributed by atoms with Crippen molar-refractivity contribution in [3.63, 3.8) is 0 Å². The number of hydrogen-bond acceptors (Lipinski definition) is 3. The van der Waals surface area contributed by atoms with Crippen molar-refractivity contribution < 1.29 is 0 Å². The molecule has 1 aromatic carbocycles. The summed E-state index contributed by atoms with van der Waals surface area (Å²) in [6.45, 7) is 4.20. The van der Waals surface area contributed by atoms with Crippen molar-refractivity contribution in [2.75, 3.05) is 11.4 Å². The summed E-state index contributed by atoms with van der Waals surface area (Å²) >= 11 is 8.06. The summed E-state index contributed by atoms with van der Waals surface area (Å²) in [5, 5.41) is 2.99. The van der Waals surface area contributed by atoms with Gasteiger partial charge in [0.05, 0.1) is 0 Å². The molecule has 0 saturated carbocycles. The van der Waals surface area contributed by atoms with Crippen LogP contribution in [0.4, 0.5) is 5.69 Å². The molecule has 2 heterocycles. The Labute approximate surface area is 135 Å². The van der Waals surface area contributed by atoms with Crippen LogP contribution in [0.25, 0.3) is 0 Å². The number of rotatable bonds is 4. The molecular formula is C17H21ClN2S. The van der Waals surface area contributed by atoms with Crippen LogP contribution in [0, 0.1) is 0 Å². The normalized spacial score (nSPS) is 15.9. The number of hydrogen-bond donors (Lipinski definition) is 1. The van der Waals surface area contributed by atoms with Crippen molar-refractivity contribution in [3.8, 4) is 0 Å². The van der Waals surface area contributed by atoms with Gasteiger partial charge in [0, 0.05) is 34.7 Å². The molecule has 21 heavy (non-hydrogen) atoms. The van der Waals surface area contributed by atoms with Crippen LogP contribution >= 0.6 is 22.9 Å². The quantitative estimate of drug-likeness (QED) is 0.912. The first-order chi connectivity index (χ1) is 10.2. The van der Waals surface area contributed by atoms with E-state index >= 15 is 0 Å². The molecule has 1 atom stereocenters. The Morgan fingerprint density at radius 2 is 2.24 bits per heavy atom. The first kappa shape index (κ1) is 14.9. The lowest BCUT2D eigenvalue weighted by atomic mass is 10.0. The molecular weight excluding hydrogens is 300 g/mol. The van der Waals surface area contributed by atoms with Gasteiger partial charge in [0.1, 0.15) is 0 Å². The van der Waals surface area contributed by atoms with Crippen molar-refractivity contribution in [3.05, 3.63) is 50.7 Å². The molecule has 1 aliphatic rings. The van der Waals surface area contributed by atoms with E-state index in [1.165, 1.54) is 21.7 Å². The molecule has 4 heteroatoms. The van der Waals surface area contributed by atoms with E-state index in [9.17, 15) is 0 Å². The van der Waals surface area contributed by atoms with Gasteiger partial charge in [-0.1, -0.05) is 18.5 Å². The zero-order chi connectivity index (χ0) is 14.8. The summed E-state index contributed by atoms with van der Waals surface area (Å²) in [4.78, 5) is 4.00. The number of benzene rings is 1. The van der Waals surface area contributed by atoms with Crippen LogP contribution in [0.5, 0.6) is 0 Å². The summed E-state index contributed by atoms with van der Waals surface area (Å²) in [7, 11) is 0. The highest BCUT2D eigenvalue weighted by Gasteiger charge is 2.20. The molecule has 2 N–H and O–H groups in total. The van der Waals surface area contributed by atoms with Crippen LogP contribution in [0.1, 0.15) is 29.3 Å². The molecule has 112 valence electrons. The van der Waals surface area contributed by atoms with E-state index in [-0.39, 0.29) is 6.04 Å². The number of anilines is 1. The van der Waals surface area contributed by atoms with Crippen LogP contribution in [0.15, 0.2) is 29.6 Å². The molecule has 3 rings (SSSR count). The van der Waals surface area contributed by atoms with E-state index in [4.69, 9.17) is 17.3 Å². The van der Waals surface area contributed by atoms with E-state index in [1.807, 2.05) is 17.4 Å². The lowest BCUT2D eigenvalue weighted by molar-refractivity contribution is 0.642. The summed E-state index contributed by atoms with van der Waals surface area (Å²) in [5.74, 6) is 0. The minimum Gasteiger partial charge on any atom is -0.367 e. The third-order valence-electron chi connectivity index (χ3n) is 4.20. The van der Waals surface area contributed by atoms with E-state index in [1.54, 1.807) is 0 Å². The fourth-order valence-corrected chi connectivity index (χ4v) is 3.99. The van der Waals surface area contributed by atoms with Gasteiger partial charge >= 0.3 is 0 Å². The van der Waals surface area contributed by atoms with Crippen molar-refractivity contribution in [2.24, 2.45) is 5.73 Å². The van der Waals surface area contributed by atoms with E-state index in [0.717, 1.165) is 37.4 Å². The molecule has 1 aromatic heterocycles. The molecule has 0 amide bonds. The molecule has 0 spiro atoms. The number of thiophene rings is 1. The van der Waals surface area contributed by atoms with Gasteiger partial charge in [-0.3, -0.25) is 0 Å². The number of nitrogens with two attached hydrogens (primary N) is 1. The maximum absolute atomic E-state index is 6.19. The summed E-state index contributed by atoms with van der Waals surface area (Å²) < 4.78 is 0. The largest absolute Gasteiger partial charge is 0.367 e. The Balaban J connectivity index is 1.88. The maximum Gasteiger partial charge on any atom is 0.0440 e. The summed E-state index contributed by atoms with van der Waals surface area (Å²) in [5.41, 5.74) is 10.2. The van der Waals surface area contributed by atoms with Crippen molar-refractivity contribution >= 4 is 28.6 Å². The van der Waals surface area contributed by atoms with Gasteiger partial charge in [0.25, 0.3) is 0 Å². The molecule has 2 nitrogen and oxygen atoms in total. The third kappa shape index (κ3) is 3.25. The summed E-state index contributed by atoms with van der Waals surface area (Å²) in [6, 6.07) is 8.66. The van der Waals surface area contributed by atoms with Crippen LogP contribution in [0.2, 0.25) is 5.02 Å². The summed E-state index contributed by atoms with van der Waals surface area (Å²) in [6.07, 6.45) is 3.01. The van der Waals surface area contributed by atoms with Crippen LogP contribution in [0.3, 0.4) is 0 Å². The Kier molecular flexibility index (Phi) is 4.53. The van der Waals surface area contributed by atoms with Crippen molar-refractivity contribution in [1.82, 2.24) is 0 Å². The Bertz CT molecular complexity index is 623. The van der Waals surface area contributed by atoms with Crippen molar-refractivity contribution in [2.45, 2.75) is 38.8 Å². The van der Waals surface area contributed by atoms with E-state index < -0.39 is 0 Å². The first-order valence-corrected chi connectivity index (χ1v) is 8.77. The second kappa shape index (κ2) is 6.39. The number of fused-ring (bicyclic) bond motifs is 1. The fourth-order valence-electron chi connectivity index (χ4n) is 2.91. The van der Waals surface area contributed by atoms with Gasteiger partial charge in [0.2, 0.25) is 0 Å². The Morgan fingerprint density at radius 1 is 1.38 bits per heavy atom. The molecule has 2 aromatic rings. The second-order valence-corrected chi connectivity index (χ2v) is 7.12. The van der Waals surface area contributed by atoms with Gasteiger partial charge < -0.3 is 10.6 Å². The third-order valence-corrected chi connectivity index (χ3v) is 5.45. The van der Waals surface area contributed by atoms with Gasteiger partial charge in [-0.25, -0.2) is 0 Å². The SMILES string of the molecule is CCC(N)Cc1cc(Cl)ccc1N1CCc2sccc2C1. The average Bonchev–Trinajstić information content (AvgIpc) is 2.94. The standard InChI is InChI=1S/C17H21ClN2S/c1-2-15(19)10-13-9-14(18)3-4-16(13)20-7-5-17-12(11-20)6-8-21-17/h3-4,6,8-9,15H,2,5,7,10-11,19H2,1H3. The molecule has 0 radical (unpaired) electrons. The van der Waals surface area contributed by atoms with Crippen molar-refractivity contribution in [1.29, 1.82) is 0 Å². The minimum atomic E-state index is 0.198.